The highest BCUT2D eigenvalue weighted by Crippen LogP contribution is 2.38. The van der Waals surface area contributed by atoms with E-state index in [-0.39, 0.29) is 42.0 Å². The van der Waals surface area contributed by atoms with Gasteiger partial charge in [-0.1, -0.05) is 30.3 Å². The summed E-state index contributed by atoms with van der Waals surface area (Å²) in [5.74, 6) is -0.226. The summed E-state index contributed by atoms with van der Waals surface area (Å²) in [6.45, 7) is 5.01. The van der Waals surface area contributed by atoms with Gasteiger partial charge < -0.3 is 20.3 Å². The Morgan fingerprint density at radius 1 is 1.09 bits per heavy atom. The number of carbonyl (C=O) groups is 3. The summed E-state index contributed by atoms with van der Waals surface area (Å²) in [6.07, 6.45) is 1.30. The fourth-order valence-electron chi connectivity index (χ4n) is 6.04. The molecule has 0 aromatic heterocycles. The lowest BCUT2D eigenvalue weighted by atomic mass is 9.90. The molecule has 0 bridgehead atoms. The molecule has 45 heavy (non-hydrogen) atoms. The summed E-state index contributed by atoms with van der Waals surface area (Å²) in [7, 11) is 6.58. The SMILES string of the molecule is COc1cc(-c2cccc(-c3cccc(NC(=O)C4=NN(C)C(=O)N(C)C4)c3C)c2C)cc(F)c1CN(C)C[C@@H]1CCC(=O)N1. The molecular weight excluding hydrogens is 575 g/mol. The Hall–Kier alpha value is -4.77. The van der Waals surface area contributed by atoms with E-state index in [0.717, 1.165) is 39.2 Å². The first-order chi connectivity index (χ1) is 21.5. The van der Waals surface area contributed by atoms with Crippen molar-refractivity contribution in [1.82, 2.24) is 20.1 Å². The predicted octanol–water partition coefficient (Wildman–Crippen LogP) is 4.79. The number of amides is 4. The predicted molar refractivity (Wildman–Crippen MR) is 173 cm³/mol. The van der Waals surface area contributed by atoms with Crippen LogP contribution in [0.25, 0.3) is 22.3 Å². The molecule has 2 aliphatic heterocycles. The number of hydrogen-bond acceptors (Lipinski definition) is 6. The van der Waals surface area contributed by atoms with Gasteiger partial charge in [0.1, 0.15) is 17.3 Å². The van der Waals surface area contributed by atoms with Gasteiger partial charge >= 0.3 is 6.03 Å². The van der Waals surface area contributed by atoms with E-state index in [0.29, 0.717) is 42.1 Å². The van der Waals surface area contributed by atoms with Crippen LogP contribution in [0.15, 0.2) is 53.6 Å². The second kappa shape index (κ2) is 13.1. The molecule has 0 spiro atoms. The fraction of sp³-hybridized carbons (Fsp3) is 0.353. The summed E-state index contributed by atoms with van der Waals surface area (Å²) in [5.41, 5.74) is 6.56. The number of ether oxygens (including phenoxy) is 1. The second-order valence-electron chi connectivity index (χ2n) is 11.8. The smallest absolute Gasteiger partial charge is 0.340 e. The van der Waals surface area contributed by atoms with E-state index in [1.165, 1.54) is 11.9 Å². The summed E-state index contributed by atoms with van der Waals surface area (Å²) < 4.78 is 21.3. The normalized spacial score (nSPS) is 16.6. The Kier molecular flexibility index (Phi) is 9.19. The van der Waals surface area contributed by atoms with E-state index in [4.69, 9.17) is 4.74 Å². The molecule has 2 N–H and O–H groups in total. The molecule has 3 aromatic carbocycles. The first kappa shape index (κ1) is 31.6. The maximum absolute atomic E-state index is 15.7. The van der Waals surface area contributed by atoms with Crippen molar-refractivity contribution in [2.45, 2.75) is 39.3 Å². The lowest BCUT2D eigenvalue weighted by molar-refractivity contribution is -0.119. The molecule has 4 amide bonds. The second-order valence-corrected chi connectivity index (χ2v) is 11.8. The first-order valence-corrected chi connectivity index (χ1v) is 14.9. The number of likely N-dealkylation sites (N-methyl/N-ethyl adjacent to an activating group) is 1. The van der Waals surface area contributed by atoms with Crippen LogP contribution in [0.5, 0.6) is 5.75 Å². The number of rotatable bonds is 9. The highest BCUT2D eigenvalue weighted by Gasteiger charge is 2.27. The standard InChI is InChI=1S/C34H39FN6O4/c1-20-24(22-15-28(35)27(31(16-22)45-6)18-39(3)17-23-13-14-32(42)36-23)9-7-10-25(20)26-11-8-12-29(21(26)2)37-33(43)30-19-40(4)34(44)41(5)38-30/h7-12,15-16,23H,13-14,17-19H2,1-6H3,(H,36,42)(H,37,43)/t23-/m0/s1. The zero-order valence-corrected chi connectivity index (χ0v) is 26.5. The summed E-state index contributed by atoms with van der Waals surface area (Å²) >= 11 is 0. The van der Waals surface area contributed by atoms with E-state index in [1.807, 2.05) is 68.3 Å². The van der Waals surface area contributed by atoms with Gasteiger partial charge in [-0.25, -0.2) is 14.2 Å². The number of hydrogen-bond donors (Lipinski definition) is 2. The topological polar surface area (TPSA) is 107 Å². The van der Waals surface area contributed by atoms with E-state index < -0.39 is 0 Å². The number of nitrogens with zero attached hydrogens (tertiary/aromatic N) is 4. The maximum Gasteiger partial charge on any atom is 0.340 e. The minimum Gasteiger partial charge on any atom is -0.496 e. The van der Waals surface area contributed by atoms with Crippen molar-refractivity contribution >= 4 is 29.2 Å². The van der Waals surface area contributed by atoms with Crippen molar-refractivity contribution in [2.24, 2.45) is 5.10 Å². The summed E-state index contributed by atoms with van der Waals surface area (Å²) in [6, 6.07) is 14.8. The van der Waals surface area contributed by atoms with Crippen molar-refractivity contribution < 1.29 is 23.5 Å². The highest BCUT2D eigenvalue weighted by atomic mass is 19.1. The zero-order valence-electron chi connectivity index (χ0n) is 26.5. The van der Waals surface area contributed by atoms with Crippen LogP contribution in [0.2, 0.25) is 0 Å². The maximum atomic E-state index is 15.7. The quantitative estimate of drug-likeness (QED) is 0.361. The molecule has 2 aliphatic rings. The molecule has 1 saturated heterocycles. The fourth-order valence-corrected chi connectivity index (χ4v) is 6.04. The van der Waals surface area contributed by atoms with Crippen LogP contribution in [0, 0.1) is 19.7 Å². The molecule has 0 saturated carbocycles. The Morgan fingerprint density at radius 3 is 2.44 bits per heavy atom. The van der Waals surface area contributed by atoms with Gasteiger partial charge in [0.05, 0.1) is 13.7 Å². The lowest BCUT2D eigenvalue weighted by Crippen LogP contribution is -2.47. The number of benzene rings is 3. The number of carbonyl (C=O) groups excluding carboxylic acids is 3. The Bertz CT molecular complexity index is 1690. The van der Waals surface area contributed by atoms with Crippen molar-refractivity contribution in [1.29, 1.82) is 0 Å². The molecule has 3 aromatic rings. The van der Waals surface area contributed by atoms with Crippen LogP contribution < -0.4 is 15.4 Å². The van der Waals surface area contributed by atoms with Crippen LogP contribution in [0.3, 0.4) is 0 Å². The van der Waals surface area contributed by atoms with Crippen molar-refractivity contribution in [2.75, 3.05) is 46.7 Å². The molecule has 1 atom stereocenters. The van der Waals surface area contributed by atoms with Gasteiger partial charge in [-0.15, -0.1) is 0 Å². The molecule has 0 aliphatic carbocycles. The third-order valence-electron chi connectivity index (χ3n) is 8.46. The largest absolute Gasteiger partial charge is 0.496 e. The Labute approximate surface area is 262 Å². The molecule has 10 nitrogen and oxygen atoms in total. The molecule has 0 radical (unpaired) electrons. The Balaban J connectivity index is 1.40. The molecule has 2 heterocycles. The van der Waals surface area contributed by atoms with Gasteiger partial charge in [-0.3, -0.25) is 14.5 Å². The molecule has 5 rings (SSSR count). The van der Waals surface area contributed by atoms with Crippen LogP contribution in [0.1, 0.15) is 29.5 Å². The van der Waals surface area contributed by atoms with Crippen molar-refractivity contribution in [3.05, 3.63) is 71.0 Å². The van der Waals surface area contributed by atoms with Gasteiger partial charge in [-0.05, 0) is 78.9 Å². The first-order valence-electron chi connectivity index (χ1n) is 14.9. The monoisotopic (exact) mass is 614 g/mol. The van der Waals surface area contributed by atoms with Gasteiger partial charge in [0, 0.05) is 50.9 Å². The van der Waals surface area contributed by atoms with Gasteiger partial charge in [0.15, 0.2) is 0 Å². The molecule has 236 valence electrons. The Morgan fingerprint density at radius 2 is 1.78 bits per heavy atom. The minimum atomic E-state index is -0.381. The number of nitrogens with one attached hydrogen (secondary N) is 2. The average molecular weight is 615 g/mol. The van der Waals surface area contributed by atoms with E-state index in [9.17, 15) is 14.4 Å². The van der Waals surface area contributed by atoms with E-state index >= 15 is 4.39 Å². The summed E-state index contributed by atoms with van der Waals surface area (Å²) in [5, 5.41) is 11.2. The van der Waals surface area contributed by atoms with E-state index in [1.54, 1.807) is 20.2 Å². The van der Waals surface area contributed by atoms with Crippen LogP contribution in [-0.2, 0) is 16.1 Å². The van der Waals surface area contributed by atoms with Crippen LogP contribution >= 0.6 is 0 Å². The highest BCUT2D eigenvalue weighted by molar-refractivity contribution is 6.44. The van der Waals surface area contributed by atoms with Crippen LogP contribution in [0.4, 0.5) is 14.9 Å². The lowest BCUT2D eigenvalue weighted by Gasteiger charge is -2.27. The van der Waals surface area contributed by atoms with E-state index in [2.05, 4.69) is 15.7 Å². The van der Waals surface area contributed by atoms with Crippen molar-refractivity contribution in [3.63, 3.8) is 0 Å². The number of methoxy groups -OCH3 is 1. The number of hydrazone groups is 1. The molecule has 1 fully saturated rings. The molecular formula is C34H39FN6O4. The zero-order chi connectivity index (χ0) is 32.4. The van der Waals surface area contributed by atoms with Crippen LogP contribution in [-0.4, -0.2) is 85.8 Å². The van der Waals surface area contributed by atoms with Gasteiger partial charge in [0.25, 0.3) is 5.91 Å². The van der Waals surface area contributed by atoms with Gasteiger partial charge in [-0.2, -0.15) is 5.10 Å². The third-order valence-corrected chi connectivity index (χ3v) is 8.46. The number of halogens is 1. The number of anilines is 1. The summed E-state index contributed by atoms with van der Waals surface area (Å²) in [4.78, 5) is 40.1. The van der Waals surface area contributed by atoms with Crippen molar-refractivity contribution in [3.8, 4) is 28.0 Å². The van der Waals surface area contributed by atoms with Gasteiger partial charge in [0.2, 0.25) is 5.91 Å². The average Bonchev–Trinajstić information content (AvgIpc) is 3.41. The third kappa shape index (κ3) is 6.68. The minimum absolute atomic E-state index is 0.0555. The number of urea groups is 1. The molecule has 11 heteroatoms. The molecule has 0 unspecified atom stereocenters.